The number of rotatable bonds is 6. The van der Waals surface area contributed by atoms with E-state index in [9.17, 15) is 10.1 Å². The molecule has 0 saturated carbocycles. The van der Waals surface area contributed by atoms with E-state index in [4.69, 9.17) is 37.8 Å². The molecule has 1 N–H and O–H groups in total. The van der Waals surface area contributed by atoms with Crippen LogP contribution in [0.4, 0.5) is 0 Å². The molecule has 0 spiro atoms. The molecule has 1 saturated heterocycles. The molecule has 2 atom stereocenters. The topological polar surface area (TPSA) is 79.6 Å². The number of nitriles is 1. The standard InChI is InChI=1S/C16H17Cl2NO4/c17-12-5-4-11(9-13(12)18)16(10-19,7-6-14(20)21)23-15-3-1-2-8-22-15/h4-5,9,15H,1-3,6-8H2,(H,20,21). The fourth-order valence-corrected chi connectivity index (χ4v) is 2.78. The average Bonchev–Trinajstić information content (AvgIpc) is 2.55. The minimum atomic E-state index is -1.44. The molecule has 23 heavy (non-hydrogen) atoms. The third kappa shape index (κ3) is 4.58. The van der Waals surface area contributed by atoms with Gasteiger partial charge in [-0.15, -0.1) is 0 Å². The first kappa shape index (κ1) is 18.0. The molecule has 0 radical (unpaired) electrons. The van der Waals surface area contributed by atoms with E-state index in [-0.39, 0.29) is 17.9 Å². The lowest BCUT2D eigenvalue weighted by Gasteiger charge is -2.33. The third-order valence-electron chi connectivity index (χ3n) is 3.73. The van der Waals surface area contributed by atoms with Gasteiger partial charge in [-0.05, 0) is 37.0 Å². The summed E-state index contributed by atoms with van der Waals surface area (Å²) in [6.07, 6.45) is 1.80. The van der Waals surface area contributed by atoms with Crippen molar-refractivity contribution in [2.75, 3.05) is 6.61 Å². The van der Waals surface area contributed by atoms with Gasteiger partial charge in [0.15, 0.2) is 11.9 Å². The number of hydrogen-bond acceptors (Lipinski definition) is 4. The van der Waals surface area contributed by atoms with Crippen LogP contribution in [0.25, 0.3) is 0 Å². The minimum Gasteiger partial charge on any atom is -0.481 e. The highest BCUT2D eigenvalue weighted by Gasteiger charge is 2.38. The zero-order valence-electron chi connectivity index (χ0n) is 12.4. The Morgan fingerprint density at radius 3 is 2.78 bits per heavy atom. The largest absolute Gasteiger partial charge is 0.481 e. The van der Waals surface area contributed by atoms with Crippen molar-refractivity contribution in [3.8, 4) is 6.07 Å². The number of carbonyl (C=O) groups is 1. The Labute approximate surface area is 144 Å². The molecule has 7 heteroatoms. The Bertz CT molecular complexity index is 611. The lowest BCUT2D eigenvalue weighted by molar-refractivity contribution is -0.215. The van der Waals surface area contributed by atoms with E-state index in [0.29, 0.717) is 23.6 Å². The van der Waals surface area contributed by atoms with Crippen LogP contribution in [0.1, 0.15) is 37.7 Å². The summed E-state index contributed by atoms with van der Waals surface area (Å²) in [4.78, 5) is 11.0. The van der Waals surface area contributed by atoms with Crippen LogP contribution in [-0.2, 0) is 19.9 Å². The Morgan fingerprint density at radius 1 is 1.43 bits per heavy atom. The second kappa shape index (κ2) is 7.98. The maximum absolute atomic E-state index is 11.0. The van der Waals surface area contributed by atoms with E-state index in [1.54, 1.807) is 12.1 Å². The number of halogens is 2. The van der Waals surface area contributed by atoms with Gasteiger partial charge in [0, 0.05) is 19.4 Å². The highest BCUT2D eigenvalue weighted by molar-refractivity contribution is 6.42. The van der Waals surface area contributed by atoms with Gasteiger partial charge in [-0.2, -0.15) is 5.26 Å². The molecule has 5 nitrogen and oxygen atoms in total. The Kier molecular flexibility index (Phi) is 6.25. The molecule has 2 unspecified atom stereocenters. The van der Waals surface area contributed by atoms with Crippen LogP contribution in [-0.4, -0.2) is 24.0 Å². The van der Waals surface area contributed by atoms with Gasteiger partial charge >= 0.3 is 5.97 Å². The van der Waals surface area contributed by atoms with Gasteiger partial charge in [0.25, 0.3) is 0 Å². The first-order chi connectivity index (χ1) is 11.0. The second-order valence-corrected chi connectivity index (χ2v) is 6.19. The summed E-state index contributed by atoms with van der Waals surface area (Å²) >= 11 is 12.0. The highest BCUT2D eigenvalue weighted by Crippen LogP contribution is 2.36. The maximum atomic E-state index is 11.0. The van der Waals surface area contributed by atoms with Crippen molar-refractivity contribution in [3.05, 3.63) is 33.8 Å². The van der Waals surface area contributed by atoms with Crippen molar-refractivity contribution < 1.29 is 19.4 Å². The molecule has 1 fully saturated rings. The van der Waals surface area contributed by atoms with E-state index in [1.165, 1.54) is 6.07 Å². The van der Waals surface area contributed by atoms with Crippen LogP contribution in [0.2, 0.25) is 10.0 Å². The zero-order chi connectivity index (χ0) is 16.9. The normalized spacial score (nSPS) is 20.5. The number of nitrogens with zero attached hydrogens (tertiary/aromatic N) is 1. The van der Waals surface area contributed by atoms with Crippen LogP contribution in [0.3, 0.4) is 0 Å². The number of hydrogen-bond donors (Lipinski definition) is 1. The van der Waals surface area contributed by atoms with Gasteiger partial charge < -0.3 is 14.6 Å². The van der Waals surface area contributed by atoms with E-state index in [2.05, 4.69) is 6.07 Å². The molecule has 0 amide bonds. The fourth-order valence-electron chi connectivity index (χ4n) is 2.48. The molecule has 1 heterocycles. The number of benzene rings is 1. The average molecular weight is 358 g/mol. The summed E-state index contributed by atoms with van der Waals surface area (Å²) in [6.45, 7) is 0.562. The van der Waals surface area contributed by atoms with Gasteiger partial charge in [-0.25, -0.2) is 0 Å². The fraction of sp³-hybridized carbons (Fsp3) is 0.500. The van der Waals surface area contributed by atoms with Crippen LogP contribution in [0.5, 0.6) is 0 Å². The van der Waals surface area contributed by atoms with Crippen molar-refractivity contribution in [1.82, 2.24) is 0 Å². The van der Waals surface area contributed by atoms with Gasteiger partial charge in [-0.1, -0.05) is 29.3 Å². The monoisotopic (exact) mass is 357 g/mol. The predicted octanol–water partition coefficient (Wildman–Crippen LogP) is 4.12. The molecule has 1 aliphatic rings. The summed E-state index contributed by atoms with van der Waals surface area (Å²) in [7, 11) is 0. The molecule has 2 rings (SSSR count). The molecule has 0 bridgehead atoms. The molecule has 0 aromatic heterocycles. The van der Waals surface area contributed by atoms with Crippen molar-refractivity contribution in [2.45, 2.75) is 44.0 Å². The first-order valence-electron chi connectivity index (χ1n) is 7.35. The predicted molar refractivity (Wildman–Crippen MR) is 85.3 cm³/mol. The van der Waals surface area contributed by atoms with Crippen molar-refractivity contribution in [2.24, 2.45) is 0 Å². The molecule has 1 aromatic carbocycles. The number of carboxylic acid groups (broad SMARTS) is 1. The van der Waals surface area contributed by atoms with Gasteiger partial charge in [-0.3, -0.25) is 4.79 Å². The Hall–Kier alpha value is -1.32. The van der Waals surface area contributed by atoms with Crippen LogP contribution in [0, 0.1) is 11.3 Å². The Balaban J connectivity index is 2.33. The molecule has 1 aliphatic heterocycles. The molecule has 124 valence electrons. The quantitative estimate of drug-likeness (QED) is 0.827. The molecular weight excluding hydrogens is 341 g/mol. The highest BCUT2D eigenvalue weighted by atomic mass is 35.5. The summed E-state index contributed by atoms with van der Waals surface area (Å²) in [5, 5.41) is 19.4. The lowest BCUT2D eigenvalue weighted by atomic mass is 9.90. The van der Waals surface area contributed by atoms with E-state index >= 15 is 0 Å². The number of aliphatic carboxylic acids is 1. The minimum absolute atomic E-state index is 0.00332. The van der Waals surface area contributed by atoms with Gasteiger partial charge in [0.05, 0.1) is 10.0 Å². The SMILES string of the molecule is N#CC(CCC(=O)O)(OC1CCCCO1)c1ccc(Cl)c(Cl)c1. The Morgan fingerprint density at radius 2 is 2.22 bits per heavy atom. The van der Waals surface area contributed by atoms with Crippen LogP contribution >= 0.6 is 23.2 Å². The smallest absolute Gasteiger partial charge is 0.303 e. The molecule has 1 aromatic rings. The second-order valence-electron chi connectivity index (χ2n) is 5.38. The summed E-state index contributed by atoms with van der Waals surface area (Å²) in [5.41, 5.74) is -0.959. The third-order valence-corrected chi connectivity index (χ3v) is 4.47. The van der Waals surface area contributed by atoms with Crippen molar-refractivity contribution in [3.63, 3.8) is 0 Å². The van der Waals surface area contributed by atoms with Crippen molar-refractivity contribution >= 4 is 29.2 Å². The molecular formula is C16H17Cl2NO4. The number of ether oxygens (including phenoxy) is 2. The number of carboxylic acids is 1. The zero-order valence-corrected chi connectivity index (χ0v) is 13.9. The maximum Gasteiger partial charge on any atom is 0.303 e. The van der Waals surface area contributed by atoms with Gasteiger partial charge in [0.1, 0.15) is 6.07 Å². The molecule has 0 aliphatic carbocycles. The van der Waals surface area contributed by atoms with Crippen LogP contribution in [0.15, 0.2) is 18.2 Å². The van der Waals surface area contributed by atoms with E-state index in [1.807, 2.05) is 0 Å². The van der Waals surface area contributed by atoms with Crippen LogP contribution < -0.4 is 0 Å². The summed E-state index contributed by atoms with van der Waals surface area (Å²) < 4.78 is 11.4. The van der Waals surface area contributed by atoms with Crippen molar-refractivity contribution in [1.29, 1.82) is 5.26 Å². The van der Waals surface area contributed by atoms with E-state index in [0.717, 1.165) is 12.8 Å². The summed E-state index contributed by atoms with van der Waals surface area (Å²) in [6, 6.07) is 6.85. The lowest BCUT2D eigenvalue weighted by Crippen LogP contribution is -2.36. The summed E-state index contributed by atoms with van der Waals surface area (Å²) in [5.74, 6) is -1.00. The van der Waals surface area contributed by atoms with E-state index < -0.39 is 17.9 Å². The van der Waals surface area contributed by atoms with Gasteiger partial charge in [0.2, 0.25) is 0 Å². The first-order valence-corrected chi connectivity index (χ1v) is 8.10.